The summed E-state index contributed by atoms with van der Waals surface area (Å²) in [5.74, 6) is 0. The molecule has 0 spiro atoms. The second kappa shape index (κ2) is 2.66. The molecule has 0 atom stereocenters. The van der Waals surface area contributed by atoms with Gasteiger partial charge in [-0.3, -0.25) is 0 Å². The van der Waals surface area contributed by atoms with Crippen LogP contribution in [0.1, 0.15) is 5.56 Å². The first-order chi connectivity index (χ1) is 5.00. The molecule has 1 aromatic rings. The average Bonchev–Trinajstić information content (AvgIpc) is 1.86. The third-order valence-corrected chi connectivity index (χ3v) is 2.58. The zero-order chi connectivity index (χ0) is 8.48. The van der Waals surface area contributed by atoms with E-state index < -0.39 is 9.84 Å². The lowest BCUT2D eigenvalue weighted by Gasteiger charge is -1.96. The summed E-state index contributed by atoms with van der Waals surface area (Å²) in [5, 5.41) is 0. The van der Waals surface area contributed by atoms with Crippen LogP contribution in [0, 0.1) is 6.92 Å². The van der Waals surface area contributed by atoms with Crippen molar-refractivity contribution in [3.8, 4) is 0 Å². The van der Waals surface area contributed by atoms with Crippen molar-refractivity contribution < 1.29 is 8.42 Å². The molecule has 3 heteroatoms. The number of aryl methyl sites for hydroxylation is 1. The predicted molar refractivity (Wildman–Crippen MR) is 44.3 cm³/mol. The minimum Gasteiger partial charge on any atom is -0.224 e. The van der Waals surface area contributed by atoms with Gasteiger partial charge in [0.1, 0.15) is 0 Å². The van der Waals surface area contributed by atoms with E-state index in [0.29, 0.717) is 4.90 Å². The molecule has 1 rings (SSSR count). The molecule has 60 valence electrons. The lowest BCUT2D eigenvalue weighted by atomic mass is 10.2. The number of rotatable bonds is 1. The molecule has 0 bridgehead atoms. The van der Waals surface area contributed by atoms with Gasteiger partial charge in [-0.1, -0.05) is 17.7 Å². The second-order valence-electron chi connectivity index (χ2n) is 2.59. The zero-order valence-corrected chi connectivity index (χ0v) is 7.35. The van der Waals surface area contributed by atoms with Crippen molar-refractivity contribution in [2.24, 2.45) is 0 Å². The maximum absolute atomic E-state index is 10.9. The third kappa shape index (κ3) is 2.05. The van der Waals surface area contributed by atoms with E-state index in [1.807, 2.05) is 6.92 Å². The van der Waals surface area contributed by atoms with Crippen molar-refractivity contribution in [1.29, 1.82) is 0 Å². The molecule has 0 aliphatic heterocycles. The van der Waals surface area contributed by atoms with E-state index in [-0.39, 0.29) is 0 Å². The number of benzene rings is 1. The Hall–Kier alpha value is -0.830. The van der Waals surface area contributed by atoms with Gasteiger partial charge in [-0.2, -0.15) is 0 Å². The Kier molecular flexibility index (Phi) is 2.00. The summed E-state index contributed by atoms with van der Waals surface area (Å²) in [6.45, 7) is 1.92. The standard InChI is InChI=1S/C8H10O2S/c1-7-3-5-8(6-4-7)11(2,9)10/h3-6H,1-2H3. The van der Waals surface area contributed by atoms with Crippen LogP contribution in [0.3, 0.4) is 0 Å². The Balaban J connectivity index is 3.20. The highest BCUT2D eigenvalue weighted by atomic mass is 32.2. The molecule has 0 fully saturated rings. The van der Waals surface area contributed by atoms with E-state index in [1.54, 1.807) is 24.3 Å². The number of hydrogen-bond acceptors (Lipinski definition) is 2. The SMILES string of the molecule is Cc1ccc(S(C)(=O)=O)cc1. The van der Waals surface area contributed by atoms with Gasteiger partial charge in [0, 0.05) is 6.26 Å². The molecule has 2 nitrogen and oxygen atoms in total. The van der Waals surface area contributed by atoms with Crippen molar-refractivity contribution in [2.45, 2.75) is 11.8 Å². The predicted octanol–water partition coefficient (Wildman–Crippen LogP) is 1.40. The van der Waals surface area contributed by atoms with Crippen LogP contribution in [-0.2, 0) is 9.84 Å². The summed E-state index contributed by atoms with van der Waals surface area (Å²) < 4.78 is 21.9. The molecule has 0 saturated heterocycles. The fourth-order valence-corrected chi connectivity index (χ4v) is 1.42. The molecule has 11 heavy (non-hydrogen) atoms. The normalized spacial score (nSPS) is 11.5. The van der Waals surface area contributed by atoms with E-state index in [0.717, 1.165) is 5.56 Å². The van der Waals surface area contributed by atoms with Crippen LogP contribution in [0.2, 0.25) is 0 Å². The quantitative estimate of drug-likeness (QED) is 0.638. The fraction of sp³-hybridized carbons (Fsp3) is 0.250. The van der Waals surface area contributed by atoms with Gasteiger partial charge in [-0.25, -0.2) is 8.42 Å². The Morgan fingerprint density at radius 2 is 1.55 bits per heavy atom. The van der Waals surface area contributed by atoms with E-state index in [2.05, 4.69) is 0 Å². The zero-order valence-electron chi connectivity index (χ0n) is 6.53. The Morgan fingerprint density at radius 1 is 1.09 bits per heavy atom. The Morgan fingerprint density at radius 3 is 1.91 bits per heavy atom. The maximum atomic E-state index is 10.9. The summed E-state index contributed by atoms with van der Waals surface area (Å²) >= 11 is 0. The smallest absolute Gasteiger partial charge is 0.175 e. The molecule has 0 radical (unpaired) electrons. The van der Waals surface area contributed by atoms with E-state index >= 15 is 0 Å². The topological polar surface area (TPSA) is 34.1 Å². The van der Waals surface area contributed by atoms with Gasteiger partial charge in [-0.15, -0.1) is 0 Å². The van der Waals surface area contributed by atoms with Crippen LogP contribution >= 0.6 is 0 Å². The van der Waals surface area contributed by atoms with E-state index in [4.69, 9.17) is 0 Å². The summed E-state index contributed by atoms with van der Waals surface area (Å²) in [4.78, 5) is 0.378. The van der Waals surface area contributed by atoms with Gasteiger partial charge >= 0.3 is 0 Å². The molecule has 0 heterocycles. The second-order valence-corrected chi connectivity index (χ2v) is 4.60. The lowest BCUT2D eigenvalue weighted by Crippen LogP contribution is -1.95. The molecule has 0 aromatic heterocycles. The number of hydrogen-bond donors (Lipinski definition) is 0. The van der Waals surface area contributed by atoms with Crippen LogP contribution in [0.25, 0.3) is 0 Å². The van der Waals surface area contributed by atoms with Crippen LogP contribution < -0.4 is 0 Å². The van der Waals surface area contributed by atoms with Crippen LogP contribution in [0.4, 0.5) is 0 Å². The van der Waals surface area contributed by atoms with Crippen molar-refractivity contribution in [3.63, 3.8) is 0 Å². The van der Waals surface area contributed by atoms with Crippen molar-refractivity contribution in [1.82, 2.24) is 0 Å². The fourth-order valence-electron chi connectivity index (χ4n) is 0.785. The first-order valence-electron chi connectivity index (χ1n) is 3.27. The van der Waals surface area contributed by atoms with Crippen LogP contribution in [0.5, 0.6) is 0 Å². The number of sulfone groups is 1. The monoisotopic (exact) mass is 170 g/mol. The first-order valence-corrected chi connectivity index (χ1v) is 5.16. The van der Waals surface area contributed by atoms with E-state index in [9.17, 15) is 8.42 Å². The molecular formula is C8H10O2S. The van der Waals surface area contributed by atoms with Crippen molar-refractivity contribution in [3.05, 3.63) is 29.8 Å². The molecule has 0 aliphatic rings. The average molecular weight is 170 g/mol. The maximum Gasteiger partial charge on any atom is 0.175 e. The molecule has 0 aliphatic carbocycles. The van der Waals surface area contributed by atoms with Gasteiger partial charge in [-0.05, 0) is 19.1 Å². The Labute approximate surface area is 66.8 Å². The summed E-state index contributed by atoms with van der Waals surface area (Å²) in [6, 6.07) is 6.81. The van der Waals surface area contributed by atoms with Gasteiger partial charge in [0.05, 0.1) is 4.90 Å². The van der Waals surface area contributed by atoms with Crippen LogP contribution in [-0.4, -0.2) is 14.7 Å². The lowest BCUT2D eigenvalue weighted by molar-refractivity contribution is 0.602. The van der Waals surface area contributed by atoms with Crippen LogP contribution in [0.15, 0.2) is 29.2 Å². The highest BCUT2D eigenvalue weighted by Crippen LogP contribution is 2.08. The van der Waals surface area contributed by atoms with Gasteiger partial charge in [0.2, 0.25) is 0 Å². The third-order valence-electron chi connectivity index (χ3n) is 1.45. The highest BCUT2D eigenvalue weighted by Gasteiger charge is 2.04. The van der Waals surface area contributed by atoms with Crippen molar-refractivity contribution in [2.75, 3.05) is 6.26 Å². The van der Waals surface area contributed by atoms with E-state index in [1.165, 1.54) is 6.26 Å². The highest BCUT2D eigenvalue weighted by molar-refractivity contribution is 7.90. The van der Waals surface area contributed by atoms with Gasteiger partial charge in [0.15, 0.2) is 9.84 Å². The Bertz CT molecular complexity index is 335. The molecule has 0 saturated carbocycles. The minimum atomic E-state index is -3.02. The first kappa shape index (κ1) is 8.27. The minimum absolute atomic E-state index is 0.378. The van der Waals surface area contributed by atoms with Gasteiger partial charge in [0.25, 0.3) is 0 Å². The largest absolute Gasteiger partial charge is 0.224 e. The summed E-state index contributed by atoms with van der Waals surface area (Å²) in [6.07, 6.45) is 1.21. The van der Waals surface area contributed by atoms with Crippen molar-refractivity contribution >= 4 is 9.84 Å². The summed E-state index contributed by atoms with van der Waals surface area (Å²) in [5.41, 5.74) is 1.07. The summed E-state index contributed by atoms with van der Waals surface area (Å²) in [7, 11) is -3.02. The molecular weight excluding hydrogens is 160 g/mol. The molecule has 0 amide bonds. The molecule has 1 aromatic carbocycles. The molecule has 0 N–H and O–H groups in total. The molecule has 0 unspecified atom stereocenters. The van der Waals surface area contributed by atoms with Gasteiger partial charge < -0.3 is 0 Å².